The lowest BCUT2D eigenvalue weighted by Gasteiger charge is -2.18. The summed E-state index contributed by atoms with van der Waals surface area (Å²) >= 11 is 1.53. The van der Waals surface area contributed by atoms with Crippen LogP contribution in [-0.2, 0) is 6.42 Å². The maximum Gasteiger partial charge on any atom is 0.277 e. The van der Waals surface area contributed by atoms with E-state index in [4.69, 9.17) is 0 Å². The molecule has 4 heteroatoms. The molecule has 0 N–H and O–H groups in total. The first-order chi connectivity index (χ1) is 12.0. The summed E-state index contributed by atoms with van der Waals surface area (Å²) in [5.74, 6) is 0.358. The summed E-state index contributed by atoms with van der Waals surface area (Å²) in [5, 5.41) is 2.81. The van der Waals surface area contributed by atoms with Gasteiger partial charge in [0.1, 0.15) is 5.69 Å². The van der Waals surface area contributed by atoms with Gasteiger partial charge in [-0.15, -0.1) is 11.3 Å². The number of thiazole rings is 1. The molecule has 1 amide bonds. The van der Waals surface area contributed by atoms with E-state index in [1.807, 2.05) is 35.7 Å². The SMILES string of the molecule is CC(C)c1cccc(N(C)C(=O)c2csc(Cc3ccccc3)n2)c1. The molecule has 0 fully saturated rings. The van der Waals surface area contributed by atoms with Crippen molar-refractivity contribution in [3.8, 4) is 0 Å². The van der Waals surface area contributed by atoms with Crippen LogP contribution < -0.4 is 4.90 Å². The molecular formula is C21H22N2OS. The number of hydrogen-bond donors (Lipinski definition) is 0. The Morgan fingerprint density at radius 2 is 1.88 bits per heavy atom. The molecule has 25 heavy (non-hydrogen) atoms. The van der Waals surface area contributed by atoms with Gasteiger partial charge in [-0.1, -0.05) is 56.3 Å². The molecule has 0 spiro atoms. The van der Waals surface area contributed by atoms with E-state index in [1.165, 1.54) is 22.5 Å². The van der Waals surface area contributed by atoms with Crippen LogP contribution in [0.2, 0.25) is 0 Å². The lowest BCUT2D eigenvalue weighted by molar-refractivity contribution is 0.0989. The van der Waals surface area contributed by atoms with Crippen molar-refractivity contribution >= 4 is 22.9 Å². The van der Waals surface area contributed by atoms with Gasteiger partial charge in [0.05, 0.1) is 5.01 Å². The van der Waals surface area contributed by atoms with E-state index in [-0.39, 0.29) is 5.91 Å². The summed E-state index contributed by atoms with van der Waals surface area (Å²) in [6.45, 7) is 4.30. The van der Waals surface area contributed by atoms with Crippen LogP contribution in [0.25, 0.3) is 0 Å². The minimum atomic E-state index is -0.0727. The van der Waals surface area contributed by atoms with Crippen LogP contribution in [0.5, 0.6) is 0 Å². The zero-order valence-corrected chi connectivity index (χ0v) is 15.6. The topological polar surface area (TPSA) is 33.2 Å². The molecule has 1 heterocycles. The van der Waals surface area contributed by atoms with E-state index >= 15 is 0 Å². The van der Waals surface area contributed by atoms with Crippen molar-refractivity contribution in [2.24, 2.45) is 0 Å². The number of carbonyl (C=O) groups is 1. The zero-order chi connectivity index (χ0) is 17.8. The third-order valence-electron chi connectivity index (χ3n) is 4.20. The van der Waals surface area contributed by atoms with Gasteiger partial charge in [-0.3, -0.25) is 4.79 Å². The van der Waals surface area contributed by atoms with Crippen LogP contribution in [-0.4, -0.2) is 17.9 Å². The summed E-state index contributed by atoms with van der Waals surface area (Å²) < 4.78 is 0. The fourth-order valence-corrected chi connectivity index (χ4v) is 3.44. The van der Waals surface area contributed by atoms with E-state index in [1.54, 1.807) is 11.9 Å². The number of rotatable bonds is 5. The first-order valence-electron chi connectivity index (χ1n) is 8.41. The van der Waals surface area contributed by atoms with Gasteiger partial charge in [-0.2, -0.15) is 0 Å². The van der Waals surface area contributed by atoms with E-state index < -0.39 is 0 Å². The van der Waals surface area contributed by atoms with Crippen molar-refractivity contribution in [3.63, 3.8) is 0 Å². The van der Waals surface area contributed by atoms with Crippen molar-refractivity contribution in [3.05, 3.63) is 81.8 Å². The van der Waals surface area contributed by atoms with Crippen molar-refractivity contribution in [1.82, 2.24) is 4.98 Å². The average molecular weight is 350 g/mol. The highest BCUT2D eigenvalue weighted by atomic mass is 32.1. The van der Waals surface area contributed by atoms with Gasteiger partial charge in [0, 0.05) is 24.5 Å². The third-order valence-corrected chi connectivity index (χ3v) is 5.05. The predicted molar refractivity (Wildman–Crippen MR) is 105 cm³/mol. The Kier molecular flexibility index (Phi) is 5.29. The van der Waals surface area contributed by atoms with Gasteiger partial charge < -0.3 is 4.90 Å². The molecule has 0 saturated carbocycles. The highest BCUT2D eigenvalue weighted by molar-refractivity contribution is 7.09. The maximum absolute atomic E-state index is 12.8. The van der Waals surface area contributed by atoms with Crippen LogP contribution in [0.3, 0.4) is 0 Å². The Balaban J connectivity index is 1.76. The van der Waals surface area contributed by atoms with Crippen LogP contribution in [0, 0.1) is 0 Å². The molecule has 128 valence electrons. The van der Waals surface area contributed by atoms with Gasteiger partial charge in [-0.05, 0) is 29.2 Å². The normalized spacial score (nSPS) is 10.9. The standard InChI is InChI=1S/C21H22N2OS/c1-15(2)17-10-7-11-18(13-17)23(3)21(24)19-14-25-20(22-19)12-16-8-5-4-6-9-16/h4-11,13-15H,12H2,1-3H3. The maximum atomic E-state index is 12.8. The molecule has 3 aromatic rings. The summed E-state index contributed by atoms with van der Waals surface area (Å²) in [7, 11) is 1.80. The highest BCUT2D eigenvalue weighted by Crippen LogP contribution is 2.23. The molecule has 1 aromatic heterocycles. The molecule has 0 saturated heterocycles. The monoisotopic (exact) mass is 350 g/mol. The molecular weight excluding hydrogens is 328 g/mol. The quantitative estimate of drug-likeness (QED) is 0.639. The molecule has 0 aliphatic carbocycles. The average Bonchev–Trinajstić information content (AvgIpc) is 3.10. The third kappa shape index (κ3) is 4.15. The van der Waals surface area contributed by atoms with E-state index in [2.05, 4.69) is 43.1 Å². The molecule has 0 atom stereocenters. The Labute approximate surface area is 153 Å². The largest absolute Gasteiger partial charge is 0.310 e. The minimum absolute atomic E-state index is 0.0727. The van der Waals surface area contributed by atoms with E-state index in [0.717, 1.165) is 17.1 Å². The summed E-state index contributed by atoms with van der Waals surface area (Å²) in [6, 6.07) is 18.3. The Bertz CT molecular complexity index is 855. The van der Waals surface area contributed by atoms with Crippen LogP contribution in [0.4, 0.5) is 5.69 Å². The van der Waals surface area contributed by atoms with Crippen molar-refractivity contribution in [1.29, 1.82) is 0 Å². The van der Waals surface area contributed by atoms with Crippen molar-refractivity contribution in [2.75, 3.05) is 11.9 Å². The van der Waals surface area contributed by atoms with Gasteiger partial charge in [0.15, 0.2) is 0 Å². The fourth-order valence-electron chi connectivity index (χ4n) is 2.64. The predicted octanol–water partition coefficient (Wildman–Crippen LogP) is 5.13. The number of amides is 1. The number of aromatic nitrogens is 1. The second kappa shape index (κ2) is 7.62. The molecule has 0 aliphatic heterocycles. The Morgan fingerprint density at radius 3 is 2.60 bits per heavy atom. The van der Waals surface area contributed by atoms with Gasteiger partial charge in [0.2, 0.25) is 0 Å². The number of benzene rings is 2. The first-order valence-corrected chi connectivity index (χ1v) is 9.29. The molecule has 0 radical (unpaired) electrons. The second-order valence-corrected chi connectivity index (χ2v) is 7.35. The summed E-state index contributed by atoms with van der Waals surface area (Å²) in [5.41, 5.74) is 3.83. The molecule has 3 nitrogen and oxygen atoms in total. The van der Waals surface area contributed by atoms with Crippen molar-refractivity contribution < 1.29 is 4.79 Å². The lowest BCUT2D eigenvalue weighted by atomic mass is 10.0. The van der Waals surface area contributed by atoms with E-state index in [0.29, 0.717) is 11.6 Å². The van der Waals surface area contributed by atoms with Gasteiger partial charge >= 0.3 is 0 Å². The van der Waals surface area contributed by atoms with E-state index in [9.17, 15) is 4.79 Å². The molecule has 0 bridgehead atoms. The lowest BCUT2D eigenvalue weighted by Crippen LogP contribution is -2.26. The van der Waals surface area contributed by atoms with Gasteiger partial charge in [0.25, 0.3) is 5.91 Å². The summed E-state index contributed by atoms with van der Waals surface area (Å²) in [6.07, 6.45) is 0.755. The van der Waals surface area contributed by atoms with Crippen LogP contribution in [0.1, 0.15) is 46.4 Å². The van der Waals surface area contributed by atoms with Crippen molar-refractivity contribution in [2.45, 2.75) is 26.2 Å². The summed E-state index contributed by atoms with van der Waals surface area (Å²) in [4.78, 5) is 19.0. The minimum Gasteiger partial charge on any atom is -0.310 e. The highest BCUT2D eigenvalue weighted by Gasteiger charge is 2.17. The molecule has 0 aliphatic rings. The number of hydrogen-bond acceptors (Lipinski definition) is 3. The van der Waals surface area contributed by atoms with Crippen LogP contribution >= 0.6 is 11.3 Å². The Morgan fingerprint density at radius 1 is 1.12 bits per heavy atom. The smallest absolute Gasteiger partial charge is 0.277 e. The number of carbonyl (C=O) groups excluding carboxylic acids is 1. The zero-order valence-electron chi connectivity index (χ0n) is 14.8. The van der Waals surface area contributed by atoms with Crippen LogP contribution in [0.15, 0.2) is 60.0 Å². The fraction of sp³-hybridized carbons (Fsp3) is 0.238. The first kappa shape index (κ1) is 17.4. The molecule has 3 rings (SSSR count). The number of anilines is 1. The Hall–Kier alpha value is -2.46. The number of nitrogens with zero attached hydrogens (tertiary/aromatic N) is 2. The van der Waals surface area contributed by atoms with Gasteiger partial charge in [-0.25, -0.2) is 4.98 Å². The molecule has 2 aromatic carbocycles. The second-order valence-electron chi connectivity index (χ2n) is 6.40. The molecule has 0 unspecified atom stereocenters.